The maximum Gasteiger partial charge on any atom is 0.0409 e. The molecule has 1 aliphatic heterocycles. The number of rotatable bonds is 2. The van der Waals surface area contributed by atoms with Crippen molar-refractivity contribution >= 4 is 23.4 Å². The third-order valence-electron chi connectivity index (χ3n) is 4.44. The van der Waals surface area contributed by atoms with Gasteiger partial charge in [-0.3, -0.25) is 0 Å². The standard InChI is InChI=1S/C21H17ClS/c22-17-10-6-9-16(13-17)21-14-19(15-7-2-1-3-8-15)18-11-4-5-12-20(18)23-21/h1-13,19,21H,14H2. The highest BCUT2D eigenvalue weighted by atomic mass is 35.5. The van der Waals surface area contributed by atoms with Crippen molar-refractivity contribution in [3.8, 4) is 0 Å². The van der Waals surface area contributed by atoms with Crippen LogP contribution >= 0.6 is 23.4 Å². The van der Waals surface area contributed by atoms with Crippen LogP contribution in [0.1, 0.15) is 34.3 Å². The van der Waals surface area contributed by atoms with E-state index >= 15 is 0 Å². The van der Waals surface area contributed by atoms with Gasteiger partial charge >= 0.3 is 0 Å². The van der Waals surface area contributed by atoms with E-state index in [1.165, 1.54) is 21.6 Å². The molecular weight excluding hydrogens is 320 g/mol. The van der Waals surface area contributed by atoms with Crippen LogP contribution in [0.3, 0.4) is 0 Å². The van der Waals surface area contributed by atoms with E-state index in [1.807, 2.05) is 17.8 Å². The topological polar surface area (TPSA) is 0 Å². The molecule has 0 saturated heterocycles. The molecule has 0 bridgehead atoms. The fourth-order valence-corrected chi connectivity index (χ4v) is 4.91. The molecule has 1 aliphatic rings. The Labute approximate surface area is 146 Å². The molecule has 0 saturated carbocycles. The molecule has 2 heteroatoms. The maximum absolute atomic E-state index is 6.21. The van der Waals surface area contributed by atoms with Crippen LogP contribution in [0.2, 0.25) is 5.02 Å². The van der Waals surface area contributed by atoms with Crippen molar-refractivity contribution < 1.29 is 0 Å². The van der Waals surface area contributed by atoms with E-state index in [4.69, 9.17) is 11.6 Å². The van der Waals surface area contributed by atoms with Gasteiger partial charge in [-0.25, -0.2) is 0 Å². The first-order chi connectivity index (χ1) is 11.3. The highest BCUT2D eigenvalue weighted by molar-refractivity contribution is 7.99. The minimum absolute atomic E-state index is 0.439. The average molecular weight is 337 g/mol. The molecule has 0 amide bonds. The summed E-state index contributed by atoms with van der Waals surface area (Å²) in [4.78, 5) is 1.39. The van der Waals surface area contributed by atoms with Crippen LogP contribution in [-0.4, -0.2) is 0 Å². The first-order valence-electron chi connectivity index (χ1n) is 7.87. The van der Waals surface area contributed by atoms with Crippen molar-refractivity contribution in [3.63, 3.8) is 0 Å². The number of benzene rings is 3. The van der Waals surface area contributed by atoms with Gasteiger partial charge in [0.2, 0.25) is 0 Å². The zero-order chi connectivity index (χ0) is 15.6. The van der Waals surface area contributed by atoms with Gasteiger partial charge in [-0.15, -0.1) is 11.8 Å². The second kappa shape index (κ2) is 6.43. The molecule has 0 spiro atoms. The highest BCUT2D eigenvalue weighted by Gasteiger charge is 2.29. The lowest BCUT2D eigenvalue weighted by Gasteiger charge is -2.32. The smallest absolute Gasteiger partial charge is 0.0409 e. The minimum Gasteiger partial charge on any atom is -0.118 e. The second-order valence-electron chi connectivity index (χ2n) is 5.90. The maximum atomic E-state index is 6.21. The lowest BCUT2D eigenvalue weighted by atomic mass is 9.85. The molecule has 0 aromatic heterocycles. The fraction of sp³-hybridized carbons (Fsp3) is 0.143. The molecule has 2 unspecified atom stereocenters. The minimum atomic E-state index is 0.439. The van der Waals surface area contributed by atoms with Crippen molar-refractivity contribution in [2.45, 2.75) is 22.5 Å². The normalized spacial score (nSPS) is 20.0. The van der Waals surface area contributed by atoms with Crippen LogP contribution < -0.4 is 0 Å². The van der Waals surface area contributed by atoms with Crippen molar-refractivity contribution in [1.82, 2.24) is 0 Å². The molecule has 4 rings (SSSR count). The van der Waals surface area contributed by atoms with Gasteiger partial charge in [0.25, 0.3) is 0 Å². The lowest BCUT2D eigenvalue weighted by Crippen LogP contribution is -2.12. The van der Waals surface area contributed by atoms with Gasteiger partial charge in [0.15, 0.2) is 0 Å². The van der Waals surface area contributed by atoms with E-state index in [1.54, 1.807) is 0 Å². The summed E-state index contributed by atoms with van der Waals surface area (Å²) in [5, 5.41) is 1.26. The molecule has 0 nitrogen and oxygen atoms in total. The molecule has 0 aliphatic carbocycles. The summed E-state index contributed by atoms with van der Waals surface area (Å²) >= 11 is 8.17. The van der Waals surface area contributed by atoms with Gasteiger partial charge in [0, 0.05) is 21.1 Å². The second-order valence-corrected chi connectivity index (χ2v) is 7.58. The Morgan fingerprint density at radius 3 is 2.35 bits per heavy atom. The van der Waals surface area contributed by atoms with Crippen LogP contribution in [0.5, 0.6) is 0 Å². The van der Waals surface area contributed by atoms with Crippen LogP contribution in [-0.2, 0) is 0 Å². The van der Waals surface area contributed by atoms with Gasteiger partial charge in [0.05, 0.1) is 0 Å². The number of hydrogen-bond acceptors (Lipinski definition) is 1. The molecule has 0 fully saturated rings. The predicted octanol–water partition coefficient (Wildman–Crippen LogP) is 6.71. The zero-order valence-corrected chi connectivity index (χ0v) is 14.2. The number of halogens is 1. The largest absolute Gasteiger partial charge is 0.118 e. The van der Waals surface area contributed by atoms with Crippen molar-refractivity contribution in [2.75, 3.05) is 0 Å². The lowest BCUT2D eigenvalue weighted by molar-refractivity contribution is 0.677. The first-order valence-corrected chi connectivity index (χ1v) is 9.13. The van der Waals surface area contributed by atoms with E-state index in [0.29, 0.717) is 11.2 Å². The molecule has 2 atom stereocenters. The quantitative estimate of drug-likeness (QED) is 0.501. The summed E-state index contributed by atoms with van der Waals surface area (Å²) in [6, 6.07) is 27.9. The monoisotopic (exact) mass is 336 g/mol. The Morgan fingerprint density at radius 2 is 1.52 bits per heavy atom. The highest BCUT2D eigenvalue weighted by Crippen LogP contribution is 2.51. The molecular formula is C21H17ClS. The van der Waals surface area contributed by atoms with E-state index in [2.05, 4.69) is 72.8 Å². The Bertz CT molecular complexity index is 813. The number of hydrogen-bond donors (Lipinski definition) is 0. The summed E-state index contributed by atoms with van der Waals surface area (Å²) < 4.78 is 0. The van der Waals surface area contributed by atoms with Crippen LogP contribution in [0.4, 0.5) is 0 Å². The predicted molar refractivity (Wildman–Crippen MR) is 99.4 cm³/mol. The van der Waals surface area contributed by atoms with E-state index in [0.717, 1.165) is 11.4 Å². The Kier molecular flexibility index (Phi) is 4.15. The molecule has 23 heavy (non-hydrogen) atoms. The van der Waals surface area contributed by atoms with Crippen LogP contribution in [0.15, 0.2) is 83.8 Å². The summed E-state index contributed by atoms with van der Waals surface area (Å²) in [5.74, 6) is 0.442. The van der Waals surface area contributed by atoms with Gasteiger partial charge in [-0.2, -0.15) is 0 Å². The van der Waals surface area contributed by atoms with Crippen molar-refractivity contribution in [1.29, 1.82) is 0 Å². The Balaban J connectivity index is 1.77. The third-order valence-corrected chi connectivity index (χ3v) is 6.05. The molecule has 3 aromatic carbocycles. The van der Waals surface area contributed by atoms with Gasteiger partial charge in [0.1, 0.15) is 0 Å². The van der Waals surface area contributed by atoms with Gasteiger partial charge in [-0.1, -0.05) is 72.3 Å². The van der Waals surface area contributed by atoms with Crippen molar-refractivity contribution in [3.05, 3.63) is 101 Å². The molecule has 1 heterocycles. The first kappa shape index (κ1) is 14.9. The van der Waals surface area contributed by atoms with E-state index in [-0.39, 0.29) is 0 Å². The third kappa shape index (κ3) is 3.04. The average Bonchev–Trinajstić information content (AvgIpc) is 2.61. The summed E-state index contributed by atoms with van der Waals surface area (Å²) in [6.07, 6.45) is 1.10. The Morgan fingerprint density at radius 1 is 0.783 bits per heavy atom. The fourth-order valence-electron chi connectivity index (χ4n) is 3.33. The summed E-state index contributed by atoms with van der Waals surface area (Å²) in [6.45, 7) is 0. The van der Waals surface area contributed by atoms with E-state index < -0.39 is 0 Å². The van der Waals surface area contributed by atoms with Gasteiger partial charge < -0.3 is 0 Å². The zero-order valence-electron chi connectivity index (χ0n) is 12.7. The summed E-state index contributed by atoms with van der Waals surface area (Å²) in [7, 11) is 0. The van der Waals surface area contributed by atoms with E-state index in [9.17, 15) is 0 Å². The SMILES string of the molecule is Clc1cccc(C2CC(c3ccccc3)c3ccccc3S2)c1. The van der Waals surface area contributed by atoms with Crippen LogP contribution in [0, 0.1) is 0 Å². The number of fused-ring (bicyclic) bond motifs is 1. The molecule has 3 aromatic rings. The van der Waals surface area contributed by atoms with Crippen molar-refractivity contribution in [2.24, 2.45) is 0 Å². The molecule has 0 radical (unpaired) electrons. The molecule has 114 valence electrons. The number of thioether (sulfide) groups is 1. The Hall–Kier alpha value is -1.70. The summed E-state index contributed by atoms with van der Waals surface area (Å²) in [5.41, 5.74) is 4.16. The molecule has 0 N–H and O–H groups in total. The van der Waals surface area contributed by atoms with Gasteiger partial charge in [-0.05, 0) is 41.3 Å². The van der Waals surface area contributed by atoms with Crippen LogP contribution in [0.25, 0.3) is 0 Å².